The van der Waals surface area contributed by atoms with Gasteiger partial charge in [0.1, 0.15) is 11.4 Å². The number of halogens is 3. The van der Waals surface area contributed by atoms with Crippen molar-refractivity contribution in [1.29, 1.82) is 0 Å². The van der Waals surface area contributed by atoms with Crippen LogP contribution in [0.1, 0.15) is 79.1 Å². The van der Waals surface area contributed by atoms with Crippen LogP contribution in [0, 0.1) is 16.2 Å². The van der Waals surface area contributed by atoms with Gasteiger partial charge in [0.05, 0.1) is 41.9 Å². The number of hydrogen-bond donors (Lipinski definition) is 5. The standard InChI is InChI=1S/C19H19N5O2.C15H15N3O.C12H13BrN2O2.C7H5BrN2O.C5H9ClO/c1-19(2,3)18(25)23-16-13-7-6-12(9-14(13)26-24-16)22-17-15-11(10-21-17)5-4-8-20-15;1-19-12-8-6-11(7-9-12)10-18-14-5-3-2-4-13(14)15(16)17-18;1-12(2,3)11(16)14-10-8-5-4-7(13)6-9(8)17-15-10;8-4-1-2-5-6(3-4)11-10-7(5)9;1-5(2,3)4(6)7/h4-9H,10H2,1-3H3,(H,21,22)(H,23,24,25);2-9H,10H2,1H3,(H2,16,17);4-6H,1-3H3,(H,14,15,16);1-3H,(H2,9,10);1-3H3. The molecule has 2 amide bonds. The van der Waals surface area contributed by atoms with Gasteiger partial charge in [0.25, 0.3) is 0 Å². The van der Waals surface area contributed by atoms with Crippen molar-refractivity contribution in [3.8, 4) is 5.75 Å². The largest absolute Gasteiger partial charge is 0.497 e. The van der Waals surface area contributed by atoms with Crippen LogP contribution in [0.15, 0.2) is 149 Å². The summed E-state index contributed by atoms with van der Waals surface area (Å²) in [5, 5.41) is 27.8. The average Bonchev–Trinajstić information content (AvgIpc) is 4.27. The molecule has 0 spiro atoms. The Morgan fingerprint density at radius 1 is 0.650 bits per heavy atom. The van der Waals surface area contributed by atoms with E-state index in [1.54, 1.807) is 34.1 Å². The number of nitrogens with one attached hydrogen (secondary N) is 3. The molecule has 0 unspecified atom stereocenters. The fraction of sp³-hybridized carbons (Fsp3) is 0.259. The molecule has 6 heterocycles. The summed E-state index contributed by atoms with van der Waals surface area (Å²) in [6.45, 7) is 17.7. The van der Waals surface area contributed by atoms with Gasteiger partial charge in [-0.2, -0.15) is 5.10 Å². The number of anilines is 5. The number of pyridine rings is 1. The molecule has 0 radical (unpaired) electrons. The van der Waals surface area contributed by atoms with Gasteiger partial charge in [0, 0.05) is 54.1 Å². The maximum Gasteiger partial charge on any atom is 0.231 e. The van der Waals surface area contributed by atoms with Gasteiger partial charge in [-0.3, -0.25) is 29.0 Å². The third kappa shape index (κ3) is 15.4. The number of carbonyl (C=O) groups is 3. The molecule has 1 aliphatic rings. The zero-order valence-electron chi connectivity index (χ0n) is 45.7. The van der Waals surface area contributed by atoms with Gasteiger partial charge in [-0.05, 0) is 96.0 Å². The summed E-state index contributed by atoms with van der Waals surface area (Å²) in [5.74, 6) is 3.29. The number of carbonyl (C=O) groups excluding carboxylic acids is 3. The minimum absolute atomic E-state index is 0.0874. The Morgan fingerprint density at radius 3 is 1.76 bits per heavy atom. The van der Waals surface area contributed by atoms with Crippen molar-refractivity contribution in [3.05, 3.63) is 147 Å². The molecule has 0 saturated carbocycles. The van der Waals surface area contributed by atoms with E-state index in [9.17, 15) is 14.4 Å². The molecule has 1 aliphatic heterocycles. The number of hydrogen-bond acceptors (Lipinski definition) is 16. The lowest BCUT2D eigenvalue weighted by molar-refractivity contribution is -0.123. The topological polar surface area (TPSA) is 270 Å². The molecule has 5 aromatic heterocycles. The minimum Gasteiger partial charge on any atom is -0.497 e. The monoisotopic (exact) mass is 1230 g/mol. The third-order valence-electron chi connectivity index (χ3n) is 11.7. The predicted octanol–water partition coefficient (Wildman–Crippen LogP) is 13.8. The summed E-state index contributed by atoms with van der Waals surface area (Å²) in [6, 6.07) is 36.6. The lowest BCUT2D eigenvalue weighted by Crippen LogP contribution is -2.27. The SMILES string of the molecule is CC(C)(C)C(=O)Cl.CC(C)(C)C(=O)Nc1noc2cc(Br)ccc12.CC(C)(C)C(=O)Nc1noc2cc(NC3=NCc4cccnc43)ccc12.COc1ccc(Cn2nc(N)c3ccccc32)cc1.Nc1noc2cc(Br)ccc12. The number of benzene rings is 5. The molecule has 0 bridgehead atoms. The third-order valence-corrected chi connectivity index (χ3v) is 13.3. The molecule has 0 saturated heterocycles. The number of rotatable bonds is 6. The van der Waals surface area contributed by atoms with Crippen molar-refractivity contribution in [2.75, 3.05) is 34.5 Å². The smallest absolute Gasteiger partial charge is 0.231 e. The van der Waals surface area contributed by atoms with Crippen molar-refractivity contribution < 1.29 is 32.7 Å². The number of methoxy groups -OCH3 is 1. The van der Waals surface area contributed by atoms with E-state index < -0.39 is 10.8 Å². The van der Waals surface area contributed by atoms with Crippen LogP contribution in [-0.2, 0) is 27.5 Å². The van der Waals surface area contributed by atoms with Gasteiger partial charge in [0.2, 0.25) is 17.1 Å². The van der Waals surface area contributed by atoms with Gasteiger partial charge in [0.15, 0.2) is 45.9 Å². The highest BCUT2D eigenvalue weighted by molar-refractivity contribution is 9.10. The average molecular weight is 1230 g/mol. The van der Waals surface area contributed by atoms with Gasteiger partial charge in [-0.1, -0.05) is 140 Å². The zero-order chi connectivity index (χ0) is 58.1. The van der Waals surface area contributed by atoms with Gasteiger partial charge < -0.3 is 45.7 Å². The number of para-hydroxylation sites is 1. The van der Waals surface area contributed by atoms with Crippen molar-refractivity contribution in [1.82, 2.24) is 30.2 Å². The molecule has 10 aromatic rings. The quantitative estimate of drug-likeness (QED) is 0.0969. The minimum atomic E-state index is -0.506. The Hall–Kier alpha value is -8.14. The molecule has 80 heavy (non-hydrogen) atoms. The van der Waals surface area contributed by atoms with E-state index in [2.05, 4.69) is 78.4 Å². The fourth-order valence-corrected chi connectivity index (χ4v) is 7.74. The van der Waals surface area contributed by atoms with Gasteiger partial charge in [-0.15, -0.1) is 0 Å². The highest BCUT2D eigenvalue weighted by Gasteiger charge is 2.25. The van der Waals surface area contributed by atoms with E-state index >= 15 is 0 Å². The molecule has 0 aliphatic carbocycles. The lowest BCUT2D eigenvalue weighted by atomic mass is 9.96. The second-order valence-corrected chi connectivity index (χ2v) is 23.4. The molecule has 22 heteroatoms. The van der Waals surface area contributed by atoms with Crippen LogP contribution in [0.3, 0.4) is 0 Å². The molecule has 0 fully saturated rings. The first-order valence-electron chi connectivity index (χ1n) is 25.0. The molecular formula is C58H61Br2ClN12O7. The van der Waals surface area contributed by atoms with Crippen LogP contribution in [0.2, 0.25) is 0 Å². The van der Waals surface area contributed by atoms with Gasteiger partial charge in [-0.25, -0.2) is 0 Å². The summed E-state index contributed by atoms with van der Waals surface area (Å²) in [6.07, 6.45) is 1.76. The van der Waals surface area contributed by atoms with Crippen molar-refractivity contribution in [2.45, 2.75) is 75.4 Å². The van der Waals surface area contributed by atoms with Gasteiger partial charge >= 0.3 is 0 Å². The zero-order valence-corrected chi connectivity index (χ0v) is 49.7. The van der Waals surface area contributed by atoms with Crippen molar-refractivity contribution >= 4 is 139 Å². The van der Waals surface area contributed by atoms with Crippen LogP contribution in [-0.4, -0.2) is 60.2 Å². The summed E-state index contributed by atoms with van der Waals surface area (Å²) < 4.78 is 24.4. The Labute approximate surface area is 483 Å². The second kappa shape index (κ2) is 25.3. The maximum atomic E-state index is 12.2. The number of aromatic nitrogens is 6. The first kappa shape index (κ1) is 59.5. The molecule has 5 aromatic carbocycles. The number of amides is 2. The van der Waals surface area contributed by atoms with E-state index in [0.29, 0.717) is 53.1 Å². The van der Waals surface area contributed by atoms with Crippen LogP contribution in [0.4, 0.5) is 29.0 Å². The Morgan fingerprint density at radius 2 is 1.19 bits per heavy atom. The molecule has 7 N–H and O–H groups in total. The van der Waals surface area contributed by atoms with E-state index in [1.807, 2.05) is 161 Å². The highest BCUT2D eigenvalue weighted by Crippen LogP contribution is 2.31. The van der Waals surface area contributed by atoms with Crippen LogP contribution >= 0.6 is 43.5 Å². The maximum absolute atomic E-state index is 12.2. The first-order valence-corrected chi connectivity index (χ1v) is 26.9. The number of nitrogen functional groups attached to an aromatic ring is 2. The summed E-state index contributed by atoms with van der Waals surface area (Å²) in [7, 11) is 1.66. The Kier molecular flexibility index (Phi) is 18.8. The lowest BCUT2D eigenvalue weighted by Gasteiger charge is -2.16. The molecule has 0 atom stereocenters. The molecular weight excluding hydrogens is 1170 g/mol. The number of ether oxygens (including phenoxy) is 1. The number of fused-ring (bicyclic) bond motifs is 5. The second-order valence-electron chi connectivity index (χ2n) is 21.3. The number of nitrogens with two attached hydrogens (primary N) is 2. The fourth-order valence-electron chi connectivity index (χ4n) is 7.06. The van der Waals surface area contributed by atoms with E-state index in [4.69, 9.17) is 41.4 Å². The summed E-state index contributed by atoms with van der Waals surface area (Å²) >= 11 is 11.8. The van der Waals surface area contributed by atoms with Crippen LogP contribution in [0.25, 0.3) is 43.8 Å². The highest BCUT2D eigenvalue weighted by atomic mass is 79.9. The van der Waals surface area contributed by atoms with E-state index in [0.717, 1.165) is 70.1 Å². The Bertz CT molecular complexity index is 3850. The number of amidine groups is 1. The normalized spacial score (nSPS) is 11.9. The van der Waals surface area contributed by atoms with Crippen LogP contribution < -0.4 is 32.2 Å². The number of aliphatic imine (C=N–C) groups is 1. The summed E-state index contributed by atoms with van der Waals surface area (Å²) in [5.41, 5.74) is 17.0. The summed E-state index contributed by atoms with van der Waals surface area (Å²) in [4.78, 5) is 43.1. The molecule has 416 valence electrons. The predicted molar refractivity (Wildman–Crippen MR) is 323 cm³/mol. The molecule has 19 nitrogen and oxygen atoms in total. The molecule has 11 rings (SSSR count). The van der Waals surface area contributed by atoms with E-state index in [-0.39, 0.29) is 22.5 Å². The first-order chi connectivity index (χ1) is 37.8. The Balaban J connectivity index is 0.000000153. The van der Waals surface area contributed by atoms with E-state index in [1.165, 1.54) is 0 Å². The van der Waals surface area contributed by atoms with Crippen molar-refractivity contribution in [2.24, 2.45) is 21.2 Å². The number of nitrogens with zero attached hydrogens (tertiary/aromatic N) is 7. The van der Waals surface area contributed by atoms with Crippen LogP contribution in [0.5, 0.6) is 5.75 Å². The van der Waals surface area contributed by atoms with Crippen molar-refractivity contribution in [3.63, 3.8) is 0 Å².